The number of aromatic amines is 1. The fourth-order valence-corrected chi connectivity index (χ4v) is 1.72. The number of carbonyl (C=O) groups excluding carboxylic acids is 1. The fraction of sp³-hybridized carbons (Fsp3) is 0.167. The highest BCUT2D eigenvalue weighted by molar-refractivity contribution is 6.14. The van der Waals surface area contributed by atoms with Crippen LogP contribution in [0.15, 0.2) is 40.1 Å². The number of esters is 1. The summed E-state index contributed by atoms with van der Waals surface area (Å²) < 4.78 is 8.11. The molecule has 1 heterocycles. The molecule has 98 valence electrons. The number of hydrogen-bond acceptors (Lipinski definition) is 5. The van der Waals surface area contributed by atoms with Crippen molar-refractivity contribution in [2.24, 2.45) is 9.75 Å². The Kier molecular flexibility index (Phi) is 4.25. The monoisotopic (exact) mass is 278 g/mol. The Morgan fingerprint density at radius 3 is 2.79 bits per heavy atom. The Bertz CT molecular complexity index is 595. The number of H-pyrrole nitrogens is 1. The van der Waals surface area contributed by atoms with Crippen LogP contribution in [0.1, 0.15) is 17.3 Å². The van der Waals surface area contributed by atoms with Gasteiger partial charge in [0.25, 0.3) is 0 Å². The van der Waals surface area contributed by atoms with E-state index in [-0.39, 0.29) is 18.0 Å². The molecule has 0 fully saturated rings. The topological polar surface area (TPSA) is 79.7 Å². The molecule has 1 aromatic carbocycles. The van der Waals surface area contributed by atoms with Crippen LogP contribution in [-0.4, -0.2) is 22.8 Å². The van der Waals surface area contributed by atoms with Crippen molar-refractivity contribution in [3.05, 3.63) is 35.9 Å². The molecule has 2 rings (SSSR count). The predicted molar refractivity (Wildman–Crippen MR) is 70.3 cm³/mol. The summed E-state index contributed by atoms with van der Waals surface area (Å²) in [6.45, 7) is 1.98. The van der Waals surface area contributed by atoms with Gasteiger partial charge in [-0.25, -0.2) is 4.79 Å². The molecule has 1 aromatic heterocycles. The SMILES string of the molecule is CCOC(=O)c1c(N=NCl)n[nH]c1-c1ccccc1. The van der Waals surface area contributed by atoms with E-state index in [0.717, 1.165) is 5.56 Å². The van der Waals surface area contributed by atoms with E-state index in [2.05, 4.69) is 19.9 Å². The van der Waals surface area contributed by atoms with E-state index in [4.69, 9.17) is 16.5 Å². The molecule has 0 radical (unpaired) electrons. The van der Waals surface area contributed by atoms with Gasteiger partial charge in [0.05, 0.1) is 24.1 Å². The number of nitrogens with zero attached hydrogens (tertiary/aromatic N) is 3. The minimum absolute atomic E-state index is 0.104. The molecule has 0 unspecified atom stereocenters. The molecular weight excluding hydrogens is 268 g/mol. The lowest BCUT2D eigenvalue weighted by Gasteiger charge is -2.03. The summed E-state index contributed by atoms with van der Waals surface area (Å²) in [6, 6.07) is 9.28. The first-order valence-corrected chi connectivity index (χ1v) is 5.94. The highest BCUT2D eigenvalue weighted by atomic mass is 35.5. The van der Waals surface area contributed by atoms with E-state index in [9.17, 15) is 4.79 Å². The van der Waals surface area contributed by atoms with Crippen LogP contribution in [0.3, 0.4) is 0 Å². The van der Waals surface area contributed by atoms with E-state index in [0.29, 0.717) is 5.69 Å². The zero-order chi connectivity index (χ0) is 13.7. The summed E-state index contributed by atoms with van der Waals surface area (Å²) in [7, 11) is 0. The first-order chi connectivity index (χ1) is 9.27. The van der Waals surface area contributed by atoms with E-state index in [1.807, 2.05) is 30.3 Å². The molecule has 0 atom stereocenters. The summed E-state index contributed by atoms with van der Waals surface area (Å²) >= 11 is 5.20. The van der Waals surface area contributed by atoms with Crippen molar-refractivity contribution in [1.29, 1.82) is 0 Å². The first-order valence-electron chi connectivity index (χ1n) is 5.60. The maximum absolute atomic E-state index is 12.0. The summed E-state index contributed by atoms with van der Waals surface area (Å²) in [5.74, 6) is -0.415. The minimum Gasteiger partial charge on any atom is -0.462 e. The zero-order valence-electron chi connectivity index (χ0n) is 10.1. The Hall–Kier alpha value is -2.21. The van der Waals surface area contributed by atoms with Crippen LogP contribution in [0.2, 0.25) is 0 Å². The van der Waals surface area contributed by atoms with Crippen molar-refractivity contribution >= 4 is 23.6 Å². The maximum Gasteiger partial charge on any atom is 0.344 e. The van der Waals surface area contributed by atoms with Crippen LogP contribution in [0.25, 0.3) is 11.3 Å². The van der Waals surface area contributed by atoms with Crippen LogP contribution in [0, 0.1) is 0 Å². The van der Waals surface area contributed by atoms with Gasteiger partial charge < -0.3 is 4.74 Å². The standard InChI is InChI=1S/C12H11ClN4O2/c1-2-19-12(18)9-10(8-6-4-3-5-7-8)14-15-11(9)16-17-13/h3-7H,2H2,1H3,(H,14,15). The van der Waals surface area contributed by atoms with Crippen LogP contribution < -0.4 is 0 Å². The van der Waals surface area contributed by atoms with Gasteiger partial charge in [0.1, 0.15) is 5.56 Å². The zero-order valence-corrected chi connectivity index (χ0v) is 10.9. The van der Waals surface area contributed by atoms with Gasteiger partial charge in [-0.15, -0.1) is 5.11 Å². The number of aromatic nitrogens is 2. The van der Waals surface area contributed by atoms with Crippen molar-refractivity contribution in [3.8, 4) is 11.3 Å². The molecule has 7 heteroatoms. The smallest absolute Gasteiger partial charge is 0.344 e. The van der Waals surface area contributed by atoms with Gasteiger partial charge in [-0.05, 0) is 6.92 Å². The Morgan fingerprint density at radius 1 is 1.42 bits per heavy atom. The molecule has 0 bridgehead atoms. The van der Waals surface area contributed by atoms with Crippen molar-refractivity contribution in [2.45, 2.75) is 6.92 Å². The highest BCUT2D eigenvalue weighted by Gasteiger charge is 2.22. The number of benzene rings is 1. The molecule has 1 N–H and O–H groups in total. The summed E-state index contributed by atoms with van der Waals surface area (Å²) in [5, 5.41) is 10.3. The Morgan fingerprint density at radius 2 is 2.16 bits per heavy atom. The minimum atomic E-state index is -0.519. The lowest BCUT2D eigenvalue weighted by atomic mass is 10.1. The highest BCUT2D eigenvalue weighted by Crippen LogP contribution is 2.29. The van der Waals surface area contributed by atoms with Crippen LogP contribution in [0.5, 0.6) is 0 Å². The lowest BCUT2D eigenvalue weighted by Crippen LogP contribution is -2.05. The van der Waals surface area contributed by atoms with E-state index >= 15 is 0 Å². The van der Waals surface area contributed by atoms with Gasteiger partial charge in [0, 0.05) is 5.56 Å². The molecule has 0 aliphatic heterocycles. The summed E-state index contributed by atoms with van der Waals surface area (Å²) in [6.07, 6.45) is 0. The third kappa shape index (κ3) is 2.79. The van der Waals surface area contributed by atoms with Gasteiger partial charge >= 0.3 is 5.97 Å². The molecule has 0 aliphatic rings. The molecule has 0 saturated carbocycles. The lowest BCUT2D eigenvalue weighted by molar-refractivity contribution is 0.0528. The second-order valence-corrected chi connectivity index (χ2v) is 3.71. The molecule has 0 spiro atoms. The average Bonchev–Trinajstić information content (AvgIpc) is 2.84. The van der Waals surface area contributed by atoms with Gasteiger partial charge in [0.2, 0.25) is 5.82 Å². The number of halogens is 1. The normalized spacial score (nSPS) is 10.8. The third-order valence-corrected chi connectivity index (χ3v) is 2.50. The van der Waals surface area contributed by atoms with E-state index in [1.165, 1.54) is 0 Å². The van der Waals surface area contributed by atoms with Gasteiger partial charge in [-0.2, -0.15) is 5.10 Å². The molecule has 0 aliphatic carbocycles. The molecule has 6 nitrogen and oxygen atoms in total. The molecule has 0 saturated heterocycles. The largest absolute Gasteiger partial charge is 0.462 e. The maximum atomic E-state index is 12.0. The predicted octanol–water partition coefficient (Wildman–Crippen LogP) is 3.49. The van der Waals surface area contributed by atoms with E-state index < -0.39 is 5.97 Å². The van der Waals surface area contributed by atoms with Gasteiger partial charge in [-0.3, -0.25) is 5.10 Å². The Labute approximate surface area is 114 Å². The number of hydrogen-bond donors (Lipinski definition) is 1. The van der Waals surface area contributed by atoms with Crippen LogP contribution in [0.4, 0.5) is 5.82 Å². The van der Waals surface area contributed by atoms with Crippen molar-refractivity contribution in [1.82, 2.24) is 10.2 Å². The third-order valence-electron chi connectivity index (χ3n) is 2.42. The van der Waals surface area contributed by atoms with Gasteiger partial charge in [-0.1, -0.05) is 35.0 Å². The summed E-state index contributed by atoms with van der Waals surface area (Å²) in [4.78, 5) is 12.0. The summed E-state index contributed by atoms with van der Waals surface area (Å²) in [5.41, 5.74) is 1.55. The second kappa shape index (κ2) is 6.10. The quantitative estimate of drug-likeness (QED) is 0.686. The van der Waals surface area contributed by atoms with Crippen LogP contribution >= 0.6 is 11.8 Å². The number of rotatable bonds is 4. The molecule has 19 heavy (non-hydrogen) atoms. The van der Waals surface area contributed by atoms with Gasteiger partial charge in [0.15, 0.2) is 0 Å². The fourth-order valence-electron chi connectivity index (χ4n) is 1.65. The Balaban J connectivity index is 2.53. The molecular formula is C12H11ClN4O2. The van der Waals surface area contributed by atoms with E-state index in [1.54, 1.807) is 6.92 Å². The van der Waals surface area contributed by atoms with Crippen molar-refractivity contribution < 1.29 is 9.53 Å². The first kappa shape index (κ1) is 13.2. The van der Waals surface area contributed by atoms with Crippen molar-refractivity contribution in [2.75, 3.05) is 6.61 Å². The second-order valence-electron chi connectivity index (χ2n) is 3.56. The molecule has 2 aromatic rings. The average molecular weight is 279 g/mol. The number of ether oxygens (including phenoxy) is 1. The van der Waals surface area contributed by atoms with Crippen molar-refractivity contribution in [3.63, 3.8) is 0 Å². The van der Waals surface area contributed by atoms with Crippen LogP contribution in [-0.2, 0) is 4.74 Å². The number of nitrogens with one attached hydrogen (secondary N) is 1. The molecule has 0 amide bonds. The number of carbonyl (C=O) groups is 1.